The summed E-state index contributed by atoms with van der Waals surface area (Å²) >= 11 is 0. The number of carboxylic acid groups (broad SMARTS) is 1. The number of amides is 1. The van der Waals surface area contributed by atoms with Gasteiger partial charge >= 0.3 is 12.1 Å². The number of carbonyl (C=O) groups excluding carboxylic acids is 1. The zero-order valence-electron chi connectivity index (χ0n) is 11.2. The van der Waals surface area contributed by atoms with E-state index in [4.69, 9.17) is 9.84 Å². The van der Waals surface area contributed by atoms with Crippen LogP contribution in [0, 0.1) is 0 Å². The largest absolute Gasteiger partial charge is 0.497 e. The second kappa shape index (κ2) is 6.96. The van der Waals surface area contributed by atoms with E-state index < -0.39 is 31.1 Å². The lowest BCUT2D eigenvalue weighted by atomic mass is 10.1. The van der Waals surface area contributed by atoms with Crippen molar-refractivity contribution in [2.75, 3.05) is 20.2 Å². The van der Waals surface area contributed by atoms with Gasteiger partial charge in [-0.15, -0.1) is 0 Å². The third kappa shape index (κ3) is 6.15. The Balaban J connectivity index is 2.76. The van der Waals surface area contributed by atoms with E-state index >= 15 is 0 Å². The highest BCUT2D eigenvalue weighted by atomic mass is 19.4. The van der Waals surface area contributed by atoms with E-state index in [1.54, 1.807) is 12.1 Å². The molecule has 0 aliphatic carbocycles. The molecular formula is C13H14F3NO4. The van der Waals surface area contributed by atoms with Crippen molar-refractivity contribution in [1.29, 1.82) is 0 Å². The minimum Gasteiger partial charge on any atom is -0.497 e. The number of nitrogens with zero attached hydrogens (tertiary/aromatic N) is 1. The molecule has 1 rings (SSSR count). The Morgan fingerprint density at radius 1 is 1.24 bits per heavy atom. The lowest BCUT2D eigenvalue weighted by Gasteiger charge is -2.22. The predicted molar refractivity (Wildman–Crippen MR) is 67.0 cm³/mol. The first kappa shape index (κ1) is 16.8. The second-order valence-electron chi connectivity index (χ2n) is 4.28. The van der Waals surface area contributed by atoms with E-state index in [9.17, 15) is 22.8 Å². The van der Waals surface area contributed by atoms with Gasteiger partial charge in [-0.3, -0.25) is 9.59 Å². The van der Waals surface area contributed by atoms with Gasteiger partial charge in [-0.05, 0) is 17.7 Å². The molecule has 116 valence electrons. The first-order valence-corrected chi connectivity index (χ1v) is 5.90. The van der Waals surface area contributed by atoms with Gasteiger partial charge in [0.15, 0.2) is 0 Å². The van der Waals surface area contributed by atoms with Gasteiger partial charge in [0.05, 0.1) is 13.5 Å². The maximum atomic E-state index is 12.4. The smallest absolute Gasteiger partial charge is 0.406 e. The van der Waals surface area contributed by atoms with E-state index in [-0.39, 0.29) is 11.3 Å². The molecule has 1 amide bonds. The molecule has 0 aliphatic rings. The van der Waals surface area contributed by atoms with Crippen molar-refractivity contribution in [2.24, 2.45) is 0 Å². The number of alkyl halides is 3. The first-order valence-electron chi connectivity index (χ1n) is 5.90. The van der Waals surface area contributed by atoms with Gasteiger partial charge in [-0.1, -0.05) is 12.1 Å². The number of aliphatic carboxylic acids is 1. The van der Waals surface area contributed by atoms with Crippen molar-refractivity contribution >= 4 is 11.9 Å². The topological polar surface area (TPSA) is 66.8 Å². The molecule has 1 N–H and O–H groups in total. The standard InChI is InChI=1S/C13H14F3NO4/c1-21-10-4-2-9(3-5-10)6-11(18)17(7-12(19)20)8-13(14,15)16/h2-5H,6-8H2,1H3,(H,19,20). The van der Waals surface area contributed by atoms with Crippen molar-refractivity contribution in [1.82, 2.24) is 4.90 Å². The molecule has 0 aromatic heterocycles. The molecule has 1 aromatic carbocycles. The second-order valence-corrected chi connectivity index (χ2v) is 4.28. The zero-order chi connectivity index (χ0) is 16.0. The molecule has 0 fully saturated rings. The van der Waals surface area contributed by atoms with Crippen LogP contribution in [0.1, 0.15) is 5.56 Å². The number of rotatable bonds is 6. The molecule has 0 bridgehead atoms. The van der Waals surface area contributed by atoms with Crippen LogP contribution in [0.15, 0.2) is 24.3 Å². The summed E-state index contributed by atoms with van der Waals surface area (Å²) in [5.74, 6) is -1.86. The highest BCUT2D eigenvalue weighted by molar-refractivity contribution is 5.83. The third-order valence-electron chi connectivity index (χ3n) is 2.56. The predicted octanol–water partition coefficient (Wildman–Crippen LogP) is 1.71. The van der Waals surface area contributed by atoms with Gasteiger partial charge in [0, 0.05) is 0 Å². The Hall–Kier alpha value is -2.25. The van der Waals surface area contributed by atoms with Crippen LogP contribution in [0.5, 0.6) is 5.75 Å². The number of hydrogen-bond donors (Lipinski definition) is 1. The Bertz CT molecular complexity index is 499. The molecule has 0 heterocycles. The number of ether oxygens (including phenoxy) is 1. The van der Waals surface area contributed by atoms with Crippen LogP contribution in [0.2, 0.25) is 0 Å². The molecule has 0 unspecified atom stereocenters. The molecule has 5 nitrogen and oxygen atoms in total. The van der Waals surface area contributed by atoms with Gasteiger partial charge in [0.1, 0.15) is 18.8 Å². The summed E-state index contributed by atoms with van der Waals surface area (Å²) in [6, 6.07) is 6.19. The number of carbonyl (C=O) groups is 2. The minimum absolute atomic E-state index is 0.270. The molecule has 21 heavy (non-hydrogen) atoms. The Morgan fingerprint density at radius 2 is 1.81 bits per heavy atom. The fraction of sp³-hybridized carbons (Fsp3) is 0.385. The summed E-state index contributed by atoms with van der Waals surface area (Å²) in [6.45, 7) is -2.58. The maximum absolute atomic E-state index is 12.4. The Kier molecular flexibility index (Phi) is 5.57. The highest BCUT2D eigenvalue weighted by Crippen LogP contribution is 2.18. The van der Waals surface area contributed by atoms with E-state index in [1.807, 2.05) is 0 Å². The average Bonchev–Trinajstić information content (AvgIpc) is 2.36. The summed E-state index contributed by atoms with van der Waals surface area (Å²) in [5, 5.41) is 8.59. The van der Waals surface area contributed by atoms with Gasteiger partial charge in [0.25, 0.3) is 0 Å². The van der Waals surface area contributed by atoms with Crippen molar-refractivity contribution in [3.05, 3.63) is 29.8 Å². The minimum atomic E-state index is -4.65. The molecule has 0 saturated carbocycles. The van der Waals surface area contributed by atoms with Gasteiger partial charge < -0.3 is 14.7 Å². The van der Waals surface area contributed by atoms with Crippen LogP contribution in [0.3, 0.4) is 0 Å². The molecular weight excluding hydrogens is 291 g/mol. The molecule has 8 heteroatoms. The van der Waals surface area contributed by atoms with Crippen LogP contribution in [-0.4, -0.2) is 48.3 Å². The van der Waals surface area contributed by atoms with Gasteiger partial charge in [-0.25, -0.2) is 0 Å². The number of halogens is 3. The molecule has 0 atom stereocenters. The summed E-state index contributed by atoms with van der Waals surface area (Å²) in [7, 11) is 1.46. The number of hydrogen-bond acceptors (Lipinski definition) is 3. The summed E-state index contributed by atoms with van der Waals surface area (Å²) in [4.78, 5) is 22.6. The van der Waals surface area contributed by atoms with Crippen molar-refractivity contribution in [2.45, 2.75) is 12.6 Å². The number of benzene rings is 1. The molecule has 0 aliphatic heterocycles. The van der Waals surface area contributed by atoms with Crippen LogP contribution >= 0.6 is 0 Å². The van der Waals surface area contributed by atoms with Crippen LogP contribution < -0.4 is 4.74 Å². The van der Waals surface area contributed by atoms with Crippen molar-refractivity contribution in [3.63, 3.8) is 0 Å². The van der Waals surface area contributed by atoms with E-state index in [2.05, 4.69) is 0 Å². The van der Waals surface area contributed by atoms with Crippen LogP contribution in [0.4, 0.5) is 13.2 Å². The third-order valence-corrected chi connectivity index (χ3v) is 2.56. The molecule has 0 saturated heterocycles. The normalized spacial score (nSPS) is 11.0. The summed E-state index contributed by atoms with van der Waals surface area (Å²) < 4.78 is 42.0. The summed E-state index contributed by atoms with van der Waals surface area (Å²) in [6.07, 6.45) is -4.96. The average molecular weight is 305 g/mol. The zero-order valence-corrected chi connectivity index (χ0v) is 11.2. The Morgan fingerprint density at radius 3 is 2.24 bits per heavy atom. The van der Waals surface area contributed by atoms with E-state index in [1.165, 1.54) is 19.2 Å². The number of carboxylic acids is 1. The van der Waals surface area contributed by atoms with E-state index in [0.29, 0.717) is 11.3 Å². The summed E-state index contributed by atoms with van der Waals surface area (Å²) in [5.41, 5.74) is 0.471. The molecule has 1 aromatic rings. The SMILES string of the molecule is COc1ccc(CC(=O)N(CC(=O)O)CC(F)(F)F)cc1. The van der Waals surface area contributed by atoms with E-state index in [0.717, 1.165) is 0 Å². The fourth-order valence-electron chi connectivity index (χ4n) is 1.64. The van der Waals surface area contributed by atoms with Crippen LogP contribution in [-0.2, 0) is 16.0 Å². The number of methoxy groups -OCH3 is 1. The molecule has 0 radical (unpaired) electrons. The fourth-order valence-corrected chi connectivity index (χ4v) is 1.64. The quantitative estimate of drug-likeness (QED) is 0.869. The molecule has 0 spiro atoms. The van der Waals surface area contributed by atoms with Crippen molar-refractivity contribution < 1.29 is 32.6 Å². The highest BCUT2D eigenvalue weighted by Gasteiger charge is 2.33. The lowest BCUT2D eigenvalue weighted by molar-refractivity contribution is -0.165. The Labute approximate surface area is 118 Å². The monoisotopic (exact) mass is 305 g/mol. The van der Waals surface area contributed by atoms with Gasteiger partial charge in [-0.2, -0.15) is 13.2 Å². The first-order chi connectivity index (χ1) is 9.71. The van der Waals surface area contributed by atoms with Gasteiger partial charge in [0.2, 0.25) is 5.91 Å². The lowest BCUT2D eigenvalue weighted by Crippen LogP contribution is -2.42. The maximum Gasteiger partial charge on any atom is 0.406 e. The van der Waals surface area contributed by atoms with Crippen LogP contribution in [0.25, 0.3) is 0 Å². The van der Waals surface area contributed by atoms with Crippen molar-refractivity contribution in [3.8, 4) is 5.75 Å².